The number of nitrogens with zero attached hydrogens (tertiary/aromatic N) is 4. The molecule has 51 heavy (non-hydrogen) atoms. The fraction of sp³-hybridized carbons (Fsp3) is 0.543. The third kappa shape index (κ3) is 7.06. The van der Waals surface area contributed by atoms with Crippen LogP contribution < -0.4 is 26.7 Å². The fourth-order valence-electron chi connectivity index (χ4n) is 7.67. The number of methoxy groups -OCH3 is 2. The van der Waals surface area contributed by atoms with Crippen LogP contribution in [0, 0.1) is 10.8 Å². The maximum absolute atomic E-state index is 13.5. The van der Waals surface area contributed by atoms with E-state index in [1.165, 1.54) is 31.8 Å². The molecule has 6 rings (SSSR count). The van der Waals surface area contributed by atoms with Crippen LogP contribution in [0.3, 0.4) is 0 Å². The molecule has 0 spiro atoms. The van der Waals surface area contributed by atoms with Gasteiger partial charge in [-0.3, -0.25) is 23.8 Å². The third-order valence-electron chi connectivity index (χ3n) is 9.77. The Balaban J connectivity index is 1.16. The lowest BCUT2D eigenvalue weighted by Crippen LogP contribution is -2.41. The Kier molecular flexibility index (Phi) is 10.2. The van der Waals surface area contributed by atoms with Crippen LogP contribution in [0.15, 0.2) is 24.3 Å². The average Bonchev–Trinajstić information content (AvgIpc) is 3.65. The lowest BCUT2D eigenvalue weighted by Gasteiger charge is -2.35. The summed E-state index contributed by atoms with van der Waals surface area (Å²) >= 11 is 1.89. The zero-order valence-electron chi connectivity index (χ0n) is 29.5. The molecule has 0 bridgehead atoms. The van der Waals surface area contributed by atoms with E-state index in [1.54, 1.807) is 24.3 Å². The van der Waals surface area contributed by atoms with Gasteiger partial charge in [-0.2, -0.15) is 0 Å². The second-order valence-electron chi connectivity index (χ2n) is 15.2. The first kappa shape index (κ1) is 37.4. The Morgan fingerprint density at radius 3 is 1.63 bits per heavy atom. The van der Waals surface area contributed by atoms with Crippen molar-refractivity contribution in [2.75, 3.05) is 48.3 Å². The van der Waals surface area contributed by atoms with E-state index >= 15 is 0 Å². The molecule has 4 aliphatic heterocycles. The lowest BCUT2D eigenvalue weighted by atomic mass is 9.76. The van der Waals surface area contributed by atoms with E-state index in [-0.39, 0.29) is 79.2 Å². The van der Waals surface area contributed by atoms with E-state index in [1.807, 2.05) is 22.9 Å². The van der Waals surface area contributed by atoms with Crippen molar-refractivity contribution in [3.8, 4) is 23.0 Å². The number of amides is 4. The number of aliphatic hydroxyl groups excluding tert-OH is 2. The van der Waals surface area contributed by atoms with Crippen LogP contribution in [0.4, 0.5) is 11.4 Å². The number of anilines is 2. The van der Waals surface area contributed by atoms with Crippen LogP contribution in [0.1, 0.15) is 67.7 Å². The SMILES string of the molecule is COc1cc2c(cc1OCC(C)(C)CC(C)(C)COc1cc3c(cc1OC)C(=O)N1C[C@H](O)C[C@H]1C(=O)N3I)N(P)C(=O)C1C[C@@H](O)CN1C2=O. The minimum absolute atomic E-state index is 0.0850. The van der Waals surface area contributed by atoms with E-state index in [0.717, 1.165) is 0 Å². The van der Waals surface area contributed by atoms with Crippen LogP contribution >= 0.6 is 32.3 Å². The molecule has 0 radical (unpaired) electrons. The number of hydrogen-bond acceptors (Lipinski definition) is 10. The summed E-state index contributed by atoms with van der Waals surface area (Å²) in [4.78, 5) is 56.3. The van der Waals surface area contributed by atoms with Gasteiger partial charge in [0, 0.05) is 38.1 Å². The number of carbonyl (C=O) groups excluding carboxylic acids is 4. The van der Waals surface area contributed by atoms with E-state index < -0.39 is 24.3 Å². The highest BCUT2D eigenvalue weighted by molar-refractivity contribution is 14.1. The van der Waals surface area contributed by atoms with E-state index in [2.05, 4.69) is 37.1 Å². The maximum Gasteiger partial charge on any atom is 0.258 e. The summed E-state index contributed by atoms with van der Waals surface area (Å²) in [5.41, 5.74) is 0.580. The summed E-state index contributed by atoms with van der Waals surface area (Å²) in [5.74, 6) is 0.169. The predicted octanol–water partition coefficient (Wildman–Crippen LogP) is 3.59. The molecule has 4 heterocycles. The van der Waals surface area contributed by atoms with E-state index in [9.17, 15) is 29.4 Å². The smallest absolute Gasteiger partial charge is 0.258 e. The third-order valence-corrected chi connectivity index (χ3v) is 11.3. The molecule has 5 atom stereocenters. The van der Waals surface area contributed by atoms with Gasteiger partial charge >= 0.3 is 0 Å². The standard InChI is InChI=1S/C35H44IN4O10P/c1-34(2,16-49-28-11-22-20(9-26(28)47-5)30(43)37-13-18(41)7-24(37)32(45)39(22)36)15-35(3,4)17-50-29-12-23-21(10-27(29)48-6)31(44)38-14-19(42)8-25(38)33(46)40(23)51/h9-12,18-19,24-25,41-42H,7-8,13-17,51H2,1-6H3/t18-,19-,24+,25?/m1/s1. The number of hydrogen-bond donors (Lipinski definition) is 2. The zero-order chi connectivity index (χ0) is 37.2. The summed E-state index contributed by atoms with van der Waals surface area (Å²) in [6.07, 6.45) is -0.502. The average molecular weight is 839 g/mol. The molecule has 4 amide bonds. The fourth-order valence-corrected chi connectivity index (χ4v) is 8.78. The van der Waals surface area contributed by atoms with Gasteiger partial charge < -0.3 is 39.0 Å². The molecule has 16 heteroatoms. The zero-order valence-corrected chi connectivity index (χ0v) is 32.8. The van der Waals surface area contributed by atoms with Gasteiger partial charge in [-0.25, -0.2) is 3.11 Å². The van der Waals surface area contributed by atoms with Gasteiger partial charge in [0.15, 0.2) is 23.0 Å². The van der Waals surface area contributed by atoms with Gasteiger partial charge in [-0.05, 0) is 38.8 Å². The van der Waals surface area contributed by atoms with Crippen molar-refractivity contribution in [1.82, 2.24) is 9.80 Å². The van der Waals surface area contributed by atoms with Crippen molar-refractivity contribution >= 4 is 67.3 Å². The topological polar surface area (TPSA) is 159 Å². The van der Waals surface area contributed by atoms with Gasteiger partial charge in [0.05, 0.1) is 85.0 Å². The first-order chi connectivity index (χ1) is 23.9. The first-order valence-corrected chi connectivity index (χ1v) is 18.2. The van der Waals surface area contributed by atoms with Crippen LogP contribution in [0.5, 0.6) is 23.0 Å². The van der Waals surface area contributed by atoms with E-state index in [0.29, 0.717) is 46.4 Å². The number of rotatable bonds is 10. The summed E-state index contributed by atoms with van der Waals surface area (Å²) < 4.78 is 26.7. The monoisotopic (exact) mass is 838 g/mol. The summed E-state index contributed by atoms with van der Waals surface area (Å²) in [7, 11) is 5.36. The van der Waals surface area contributed by atoms with Crippen LogP contribution in [-0.4, -0.2) is 108 Å². The Labute approximate surface area is 313 Å². The van der Waals surface area contributed by atoms with Crippen molar-refractivity contribution in [3.05, 3.63) is 35.4 Å². The molecule has 2 saturated heterocycles. The van der Waals surface area contributed by atoms with Crippen molar-refractivity contribution in [1.29, 1.82) is 0 Å². The van der Waals surface area contributed by atoms with Gasteiger partial charge in [0.2, 0.25) is 0 Å². The van der Waals surface area contributed by atoms with Crippen molar-refractivity contribution in [2.24, 2.45) is 10.8 Å². The molecular weight excluding hydrogens is 794 g/mol. The molecule has 2 aromatic rings. The second-order valence-corrected chi connectivity index (χ2v) is 16.7. The molecule has 2 N–H and O–H groups in total. The Hall–Kier alpha value is -3.40. The normalized spacial score (nSPS) is 23.4. The Morgan fingerprint density at radius 1 is 0.725 bits per heavy atom. The molecule has 2 fully saturated rings. The van der Waals surface area contributed by atoms with Gasteiger partial charge in [0.1, 0.15) is 12.1 Å². The lowest BCUT2D eigenvalue weighted by molar-refractivity contribution is -0.121. The summed E-state index contributed by atoms with van der Waals surface area (Å²) in [5, 5.41) is 20.3. The van der Waals surface area contributed by atoms with Gasteiger partial charge in [0.25, 0.3) is 23.6 Å². The number of aliphatic hydroxyl groups is 2. The highest BCUT2D eigenvalue weighted by atomic mass is 127. The van der Waals surface area contributed by atoms with Crippen LogP contribution in [0.25, 0.3) is 0 Å². The highest BCUT2D eigenvalue weighted by Gasteiger charge is 2.46. The Bertz CT molecular complexity index is 1650. The molecule has 14 nitrogen and oxygen atoms in total. The number of carbonyl (C=O) groups is 4. The van der Waals surface area contributed by atoms with Gasteiger partial charge in [-0.1, -0.05) is 27.7 Å². The molecule has 0 saturated carbocycles. The minimum Gasteiger partial charge on any atom is -0.493 e. The minimum atomic E-state index is -0.763. The molecule has 0 aromatic heterocycles. The summed E-state index contributed by atoms with van der Waals surface area (Å²) in [6, 6.07) is 4.97. The molecule has 4 aliphatic rings. The Morgan fingerprint density at radius 2 is 1.16 bits per heavy atom. The van der Waals surface area contributed by atoms with Crippen LogP contribution in [-0.2, 0) is 9.59 Å². The number of fused-ring (bicyclic) bond motifs is 4. The predicted molar refractivity (Wildman–Crippen MR) is 199 cm³/mol. The highest BCUT2D eigenvalue weighted by Crippen LogP contribution is 2.44. The molecule has 0 aliphatic carbocycles. The first-order valence-electron chi connectivity index (χ1n) is 16.7. The number of benzene rings is 2. The second kappa shape index (κ2) is 13.9. The van der Waals surface area contributed by atoms with Crippen LogP contribution in [0.2, 0.25) is 0 Å². The largest absolute Gasteiger partial charge is 0.493 e. The maximum atomic E-state index is 13.5. The molecule has 2 aromatic carbocycles. The summed E-state index contributed by atoms with van der Waals surface area (Å²) in [6.45, 7) is 8.99. The van der Waals surface area contributed by atoms with Crippen molar-refractivity contribution < 1.29 is 48.3 Å². The number of halogens is 1. The molecular formula is C35H44IN4O10P. The van der Waals surface area contributed by atoms with Crippen molar-refractivity contribution in [3.63, 3.8) is 0 Å². The molecule has 276 valence electrons. The van der Waals surface area contributed by atoms with E-state index in [4.69, 9.17) is 18.9 Å². The quantitative estimate of drug-likeness (QED) is 0.206. The molecule has 2 unspecified atom stereocenters. The number of ether oxygens (including phenoxy) is 4. The van der Waals surface area contributed by atoms with Crippen molar-refractivity contribution in [2.45, 2.75) is 71.2 Å². The van der Waals surface area contributed by atoms with Gasteiger partial charge in [-0.15, -0.1) is 0 Å².